The zero-order valence-corrected chi connectivity index (χ0v) is 16.4. The normalized spacial score (nSPS) is 13.0. The number of benzene rings is 1. The Morgan fingerprint density at radius 1 is 1.23 bits per heavy atom. The second-order valence-corrected chi connectivity index (χ2v) is 8.16. The number of aryl methyl sites for hydroxylation is 2. The number of fused-ring (bicyclic) bond motifs is 1. The molecule has 5 nitrogen and oxygen atoms in total. The summed E-state index contributed by atoms with van der Waals surface area (Å²) < 4.78 is 5.63. The first-order valence-corrected chi connectivity index (χ1v) is 9.30. The molecule has 0 saturated carbocycles. The van der Waals surface area contributed by atoms with Crippen LogP contribution < -0.4 is 5.56 Å². The second kappa shape index (κ2) is 6.68. The van der Waals surface area contributed by atoms with E-state index in [4.69, 9.17) is 4.74 Å². The van der Waals surface area contributed by atoms with Gasteiger partial charge in [0.15, 0.2) is 11.9 Å². The van der Waals surface area contributed by atoms with Gasteiger partial charge in [-0.3, -0.25) is 9.59 Å². The Morgan fingerprint density at radius 2 is 1.88 bits per heavy atom. The zero-order valence-electron chi connectivity index (χ0n) is 15.5. The molecule has 6 heteroatoms. The Kier molecular flexibility index (Phi) is 4.71. The molecule has 2 aromatic heterocycles. The number of ether oxygens (including phenoxy) is 1. The average Bonchev–Trinajstić information content (AvgIpc) is 2.90. The predicted molar refractivity (Wildman–Crippen MR) is 104 cm³/mol. The van der Waals surface area contributed by atoms with Crippen LogP contribution in [0, 0.1) is 13.8 Å². The topological polar surface area (TPSA) is 72.0 Å². The average molecular weight is 370 g/mol. The van der Waals surface area contributed by atoms with Crippen molar-refractivity contribution in [1.82, 2.24) is 9.97 Å². The SMILES string of the molecule is Cc1sc2nc([C@@H](C)OC(=O)C(C)(C)c3ccccc3)[nH]c(=O)c2c1C. The molecule has 0 amide bonds. The summed E-state index contributed by atoms with van der Waals surface area (Å²) in [4.78, 5) is 34.1. The lowest BCUT2D eigenvalue weighted by molar-refractivity contribution is -0.154. The zero-order chi connectivity index (χ0) is 19.1. The molecule has 0 bridgehead atoms. The van der Waals surface area contributed by atoms with Crippen molar-refractivity contribution < 1.29 is 9.53 Å². The van der Waals surface area contributed by atoms with E-state index in [1.807, 2.05) is 58.0 Å². The summed E-state index contributed by atoms with van der Waals surface area (Å²) >= 11 is 1.47. The third kappa shape index (κ3) is 3.17. The third-order valence-electron chi connectivity index (χ3n) is 4.73. The van der Waals surface area contributed by atoms with Gasteiger partial charge in [-0.25, -0.2) is 4.98 Å². The summed E-state index contributed by atoms with van der Waals surface area (Å²) in [5, 5.41) is 0.611. The van der Waals surface area contributed by atoms with Gasteiger partial charge in [0, 0.05) is 4.88 Å². The van der Waals surface area contributed by atoms with Crippen LogP contribution in [-0.4, -0.2) is 15.9 Å². The predicted octanol–water partition coefficient (Wildman–Crippen LogP) is 4.18. The number of rotatable bonds is 4. The number of aromatic amines is 1. The summed E-state index contributed by atoms with van der Waals surface area (Å²) in [6.07, 6.45) is -0.648. The van der Waals surface area contributed by atoms with E-state index in [0.717, 1.165) is 16.0 Å². The third-order valence-corrected chi connectivity index (χ3v) is 5.83. The minimum Gasteiger partial charge on any atom is -0.454 e. The van der Waals surface area contributed by atoms with Crippen molar-refractivity contribution in [3.8, 4) is 0 Å². The highest BCUT2D eigenvalue weighted by molar-refractivity contribution is 7.18. The monoisotopic (exact) mass is 370 g/mol. The molecule has 0 aliphatic heterocycles. The minimum absolute atomic E-state index is 0.197. The van der Waals surface area contributed by atoms with Crippen LogP contribution in [0.1, 0.15) is 48.7 Å². The van der Waals surface area contributed by atoms with Crippen LogP contribution in [0.3, 0.4) is 0 Å². The molecule has 1 aromatic carbocycles. The van der Waals surface area contributed by atoms with Gasteiger partial charge in [0.05, 0.1) is 10.8 Å². The smallest absolute Gasteiger partial charge is 0.316 e. The van der Waals surface area contributed by atoms with Crippen LogP contribution in [0.25, 0.3) is 10.2 Å². The van der Waals surface area contributed by atoms with Crippen LogP contribution in [0.5, 0.6) is 0 Å². The van der Waals surface area contributed by atoms with E-state index in [1.54, 1.807) is 6.92 Å². The van der Waals surface area contributed by atoms with Crippen molar-refractivity contribution in [3.05, 3.63) is 62.5 Å². The first kappa shape index (κ1) is 18.3. The van der Waals surface area contributed by atoms with Crippen molar-refractivity contribution in [2.45, 2.75) is 46.1 Å². The molecule has 3 aromatic rings. The largest absolute Gasteiger partial charge is 0.454 e. The van der Waals surface area contributed by atoms with Crippen molar-refractivity contribution in [1.29, 1.82) is 0 Å². The Hall–Kier alpha value is -2.47. The van der Waals surface area contributed by atoms with Crippen LogP contribution in [0.2, 0.25) is 0 Å². The summed E-state index contributed by atoms with van der Waals surface area (Å²) in [5.74, 6) is -0.00144. The van der Waals surface area contributed by atoms with E-state index in [9.17, 15) is 9.59 Å². The van der Waals surface area contributed by atoms with Gasteiger partial charge >= 0.3 is 5.97 Å². The molecule has 0 fully saturated rings. The van der Waals surface area contributed by atoms with E-state index < -0.39 is 11.5 Å². The number of esters is 1. The summed E-state index contributed by atoms with van der Waals surface area (Å²) in [6, 6.07) is 9.48. The van der Waals surface area contributed by atoms with Crippen LogP contribution in [0.15, 0.2) is 35.1 Å². The van der Waals surface area contributed by atoms with E-state index in [0.29, 0.717) is 16.0 Å². The van der Waals surface area contributed by atoms with E-state index >= 15 is 0 Å². The number of H-pyrrole nitrogens is 1. The summed E-state index contributed by atoms with van der Waals surface area (Å²) in [5.41, 5.74) is 0.826. The van der Waals surface area contributed by atoms with E-state index in [-0.39, 0.29) is 11.5 Å². The maximum absolute atomic E-state index is 12.7. The fourth-order valence-electron chi connectivity index (χ4n) is 2.80. The molecular weight excluding hydrogens is 348 g/mol. The highest BCUT2D eigenvalue weighted by Crippen LogP contribution is 2.29. The Labute approximate surface area is 156 Å². The molecule has 0 aliphatic carbocycles. The second-order valence-electron chi connectivity index (χ2n) is 6.95. The standard InChI is InChI=1S/C20H22N2O3S/c1-11-13(3)26-18-15(11)17(23)21-16(22-18)12(2)25-19(24)20(4,5)14-9-7-6-8-10-14/h6-10,12H,1-5H3,(H,21,22,23)/t12-/m1/s1. The molecule has 0 spiro atoms. The summed E-state index contributed by atoms with van der Waals surface area (Å²) in [6.45, 7) is 9.24. The molecule has 0 saturated heterocycles. The molecular formula is C20H22N2O3S. The van der Waals surface area contributed by atoms with E-state index in [2.05, 4.69) is 9.97 Å². The van der Waals surface area contributed by atoms with Crippen LogP contribution >= 0.6 is 11.3 Å². The van der Waals surface area contributed by atoms with E-state index in [1.165, 1.54) is 11.3 Å². The fourth-order valence-corrected chi connectivity index (χ4v) is 3.84. The number of hydrogen-bond acceptors (Lipinski definition) is 5. The van der Waals surface area contributed by atoms with Gasteiger partial charge in [-0.2, -0.15) is 0 Å². The van der Waals surface area contributed by atoms with Gasteiger partial charge in [0.2, 0.25) is 0 Å². The van der Waals surface area contributed by atoms with Gasteiger partial charge < -0.3 is 9.72 Å². The number of carbonyl (C=O) groups is 1. The number of hydrogen-bond donors (Lipinski definition) is 1. The molecule has 0 unspecified atom stereocenters. The molecule has 3 rings (SSSR count). The van der Waals surface area contributed by atoms with Gasteiger partial charge in [0.1, 0.15) is 4.83 Å². The highest BCUT2D eigenvalue weighted by Gasteiger charge is 2.33. The Balaban J connectivity index is 1.88. The van der Waals surface area contributed by atoms with Gasteiger partial charge in [0.25, 0.3) is 5.56 Å². The van der Waals surface area contributed by atoms with Crippen LogP contribution in [-0.2, 0) is 14.9 Å². The lowest BCUT2D eigenvalue weighted by atomic mass is 9.85. The lowest BCUT2D eigenvalue weighted by Crippen LogP contribution is -2.32. The van der Waals surface area contributed by atoms with Gasteiger partial charge in [-0.1, -0.05) is 30.3 Å². The van der Waals surface area contributed by atoms with Crippen LogP contribution in [0.4, 0.5) is 0 Å². The number of thiophene rings is 1. The van der Waals surface area contributed by atoms with Crippen molar-refractivity contribution in [2.75, 3.05) is 0 Å². The lowest BCUT2D eigenvalue weighted by Gasteiger charge is -2.25. The molecule has 2 heterocycles. The number of carbonyl (C=O) groups excluding carboxylic acids is 1. The Morgan fingerprint density at radius 3 is 2.54 bits per heavy atom. The first-order chi connectivity index (χ1) is 12.2. The minimum atomic E-state index is -0.796. The number of nitrogens with zero attached hydrogens (tertiary/aromatic N) is 1. The number of aromatic nitrogens is 2. The van der Waals surface area contributed by atoms with Gasteiger partial charge in [-0.05, 0) is 45.7 Å². The maximum Gasteiger partial charge on any atom is 0.316 e. The van der Waals surface area contributed by atoms with Gasteiger partial charge in [-0.15, -0.1) is 11.3 Å². The maximum atomic E-state index is 12.7. The molecule has 1 atom stereocenters. The highest BCUT2D eigenvalue weighted by atomic mass is 32.1. The van der Waals surface area contributed by atoms with Crippen molar-refractivity contribution in [2.24, 2.45) is 0 Å². The fraction of sp³-hybridized carbons (Fsp3) is 0.350. The molecule has 26 heavy (non-hydrogen) atoms. The van der Waals surface area contributed by atoms with Crippen molar-refractivity contribution >= 4 is 27.5 Å². The summed E-state index contributed by atoms with van der Waals surface area (Å²) in [7, 11) is 0. The molecule has 1 N–H and O–H groups in total. The molecule has 0 aliphatic rings. The number of nitrogens with one attached hydrogen (secondary N) is 1. The Bertz CT molecular complexity index is 1020. The van der Waals surface area contributed by atoms with Crippen molar-refractivity contribution in [3.63, 3.8) is 0 Å². The molecule has 136 valence electrons. The first-order valence-electron chi connectivity index (χ1n) is 8.48. The quantitative estimate of drug-likeness (QED) is 0.699. The molecule has 0 radical (unpaired) electrons.